The molecule has 36 heavy (non-hydrogen) atoms. The van der Waals surface area contributed by atoms with Crippen LogP contribution in [0, 0.1) is 23.2 Å². The molecule has 2 amide bonds. The van der Waals surface area contributed by atoms with Gasteiger partial charge in [0.2, 0.25) is 0 Å². The van der Waals surface area contributed by atoms with Crippen molar-refractivity contribution in [3.63, 3.8) is 0 Å². The maximum atomic E-state index is 13.4. The molecule has 0 aromatic carbocycles. The van der Waals surface area contributed by atoms with Gasteiger partial charge in [0, 0.05) is 45.0 Å². The fraction of sp³-hybridized carbons (Fsp3) is 0.690. The fourth-order valence-corrected chi connectivity index (χ4v) is 8.58. The monoisotopic (exact) mass is 489 g/mol. The molecule has 0 unspecified atom stereocenters. The number of aromatic nitrogens is 2. The number of nitrogens with zero attached hydrogens (tertiary/aromatic N) is 4. The number of pyridine rings is 1. The average molecular weight is 490 g/mol. The molecule has 0 atom stereocenters. The van der Waals surface area contributed by atoms with Crippen LogP contribution in [-0.4, -0.2) is 69.8 Å². The van der Waals surface area contributed by atoms with Gasteiger partial charge in [-0.05, 0) is 93.1 Å². The van der Waals surface area contributed by atoms with Gasteiger partial charge in [0.1, 0.15) is 17.0 Å². The molecule has 6 fully saturated rings. The second-order valence-corrected chi connectivity index (χ2v) is 12.6. The first kappa shape index (κ1) is 22.8. The lowest BCUT2D eigenvalue weighted by molar-refractivity contribution is -0.0503. The number of fused-ring (bicyclic) bond motifs is 1. The van der Waals surface area contributed by atoms with Gasteiger partial charge in [0.15, 0.2) is 0 Å². The lowest BCUT2D eigenvalue weighted by Crippen LogP contribution is -2.51. The zero-order chi connectivity index (χ0) is 24.3. The summed E-state index contributed by atoms with van der Waals surface area (Å²) in [5.74, 6) is 2.54. The van der Waals surface area contributed by atoms with E-state index >= 15 is 0 Å². The van der Waals surface area contributed by atoms with Gasteiger partial charge < -0.3 is 10.2 Å². The van der Waals surface area contributed by atoms with Crippen molar-refractivity contribution in [3.05, 3.63) is 35.8 Å². The van der Waals surface area contributed by atoms with E-state index in [1.165, 1.54) is 57.8 Å². The van der Waals surface area contributed by atoms with E-state index in [0.717, 1.165) is 62.9 Å². The van der Waals surface area contributed by atoms with Crippen molar-refractivity contribution in [1.29, 1.82) is 0 Å². The summed E-state index contributed by atoms with van der Waals surface area (Å²) in [6, 6.07) is 6.32. The average Bonchev–Trinajstić information content (AvgIpc) is 3.13. The number of hydrogen-bond donors (Lipinski definition) is 1. The quantitative estimate of drug-likeness (QED) is 0.690. The van der Waals surface area contributed by atoms with Crippen molar-refractivity contribution < 1.29 is 9.59 Å². The normalized spacial score (nSPS) is 32.4. The Morgan fingerprint density at radius 3 is 2.39 bits per heavy atom. The molecule has 2 aromatic rings. The SMILES string of the molecule is O=C(NCC12CC3CC(CC(C3)C1)C2)c1cccc2nc(C(=O)N3CCCN(C4CCC4)CC3)cn12. The minimum absolute atomic E-state index is 0.0194. The van der Waals surface area contributed by atoms with Gasteiger partial charge in [-0.3, -0.25) is 18.9 Å². The maximum Gasteiger partial charge on any atom is 0.274 e. The molecule has 2 aromatic heterocycles. The van der Waals surface area contributed by atoms with Crippen LogP contribution in [0.1, 0.15) is 85.2 Å². The molecule has 6 aliphatic rings. The second-order valence-electron chi connectivity index (χ2n) is 12.6. The van der Waals surface area contributed by atoms with Crippen LogP contribution in [0.25, 0.3) is 5.65 Å². The molecule has 1 aliphatic heterocycles. The van der Waals surface area contributed by atoms with Crippen molar-refractivity contribution in [2.75, 3.05) is 32.7 Å². The predicted octanol–water partition coefficient (Wildman–Crippen LogP) is 3.98. The zero-order valence-corrected chi connectivity index (χ0v) is 21.3. The molecule has 7 heteroatoms. The summed E-state index contributed by atoms with van der Waals surface area (Å²) in [4.78, 5) is 35.9. The van der Waals surface area contributed by atoms with E-state index in [1.807, 2.05) is 23.1 Å². The summed E-state index contributed by atoms with van der Waals surface area (Å²) < 4.78 is 1.81. The highest BCUT2D eigenvalue weighted by molar-refractivity contribution is 5.95. The Morgan fingerprint density at radius 2 is 1.69 bits per heavy atom. The molecule has 192 valence electrons. The van der Waals surface area contributed by atoms with Gasteiger partial charge in [0.25, 0.3) is 11.8 Å². The number of amides is 2. The third kappa shape index (κ3) is 4.04. The Bertz CT molecular complexity index is 1130. The summed E-state index contributed by atoms with van der Waals surface area (Å²) in [7, 11) is 0. The molecule has 0 radical (unpaired) electrons. The van der Waals surface area contributed by atoms with Crippen LogP contribution < -0.4 is 5.32 Å². The Morgan fingerprint density at radius 1 is 0.944 bits per heavy atom. The Kier molecular flexibility index (Phi) is 5.60. The van der Waals surface area contributed by atoms with Crippen LogP contribution in [0.15, 0.2) is 24.4 Å². The van der Waals surface area contributed by atoms with Crippen LogP contribution in [0.2, 0.25) is 0 Å². The van der Waals surface area contributed by atoms with Crippen molar-refractivity contribution in [1.82, 2.24) is 24.5 Å². The van der Waals surface area contributed by atoms with Gasteiger partial charge in [-0.2, -0.15) is 0 Å². The molecule has 4 bridgehead atoms. The van der Waals surface area contributed by atoms with Gasteiger partial charge in [0.05, 0.1) is 0 Å². The lowest BCUT2D eigenvalue weighted by atomic mass is 9.49. The lowest BCUT2D eigenvalue weighted by Gasteiger charge is -2.56. The highest BCUT2D eigenvalue weighted by Gasteiger charge is 2.50. The number of hydrogen-bond acceptors (Lipinski definition) is 4. The van der Waals surface area contributed by atoms with Crippen LogP contribution in [0.4, 0.5) is 0 Å². The summed E-state index contributed by atoms with van der Waals surface area (Å²) in [6.07, 6.45) is 14.8. The first-order valence-electron chi connectivity index (χ1n) is 14.3. The van der Waals surface area contributed by atoms with Crippen LogP contribution in [0.5, 0.6) is 0 Å². The Labute approximate surface area is 213 Å². The smallest absolute Gasteiger partial charge is 0.274 e. The van der Waals surface area contributed by atoms with E-state index in [2.05, 4.69) is 15.2 Å². The molecule has 0 spiro atoms. The summed E-state index contributed by atoms with van der Waals surface area (Å²) in [5.41, 5.74) is 1.96. The highest BCUT2D eigenvalue weighted by atomic mass is 16.2. The van der Waals surface area contributed by atoms with E-state index in [9.17, 15) is 9.59 Å². The molecular weight excluding hydrogens is 450 g/mol. The molecular formula is C29H39N5O2. The molecule has 8 rings (SSSR count). The summed E-state index contributed by atoms with van der Waals surface area (Å²) in [6.45, 7) is 4.32. The van der Waals surface area contributed by atoms with Crippen LogP contribution in [-0.2, 0) is 0 Å². The van der Waals surface area contributed by atoms with Gasteiger partial charge in [-0.25, -0.2) is 4.98 Å². The Hall–Kier alpha value is -2.41. The van der Waals surface area contributed by atoms with Crippen molar-refractivity contribution in [3.8, 4) is 0 Å². The van der Waals surface area contributed by atoms with E-state index < -0.39 is 0 Å². The van der Waals surface area contributed by atoms with Crippen molar-refractivity contribution in [2.24, 2.45) is 23.2 Å². The topological polar surface area (TPSA) is 70.0 Å². The number of rotatable bonds is 5. The number of carbonyl (C=O) groups is 2. The standard InChI is InChI=1S/C29H39N5O2/c35-27(30-19-29-15-20-12-21(16-29)14-22(13-20)17-29)25-6-2-7-26-31-24(18-34(25)26)28(36)33-9-3-8-32(10-11-33)23-4-1-5-23/h2,6-7,18,20-23H,1,3-5,8-17,19H2,(H,30,35). The van der Waals surface area contributed by atoms with E-state index in [-0.39, 0.29) is 11.8 Å². The maximum absolute atomic E-state index is 13.4. The first-order valence-corrected chi connectivity index (χ1v) is 14.3. The van der Waals surface area contributed by atoms with Gasteiger partial charge >= 0.3 is 0 Å². The number of carbonyl (C=O) groups excluding carboxylic acids is 2. The Balaban J connectivity index is 1.05. The number of imidazole rings is 1. The second kappa shape index (κ2) is 8.86. The third-order valence-corrected chi connectivity index (χ3v) is 10.1. The van der Waals surface area contributed by atoms with Crippen molar-refractivity contribution in [2.45, 2.75) is 70.3 Å². The van der Waals surface area contributed by atoms with E-state index in [0.29, 0.717) is 22.5 Å². The highest BCUT2D eigenvalue weighted by Crippen LogP contribution is 2.59. The number of nitrogens with one attached hydrogen (secondary N) is 1. The minimum atomic E-state index is -0.0568. The van der Waals surface area contributed by atoms with E-state index in [1.54, 1.807) is 10.6 Å². The summed E-state index contributed by atoms with van der Waals surface area (Å²) >= 11 is 0. The predicted molar refractivity (Wildman–Crippen MR) is 138 cm³/mol. The van der Waals surface area contributed by atoms with Gasteiger partial charge in [-0.1, -0.05) is 12.5 Å². The zero-order valence-electron chi connectivity index (χ0n) is 21.3. The fourth-order valence-electron chi connectivity index (χ4n) is 8.58. The molecule has 1 N–H and O–H groups in total. The summed E-state index contributed by atoms with van der Waals surface area (Å²) in [5, 5.41) is 3.30. The molecule has 5 aliphatic carbocycles. The first-order chi connectivity index (χ1) is 17.6. The molecule has 5 saturated carbocycles. The molecule has 7 nitrogen and oxygen atoms in total. The largest absolute Gasteiger partial charge is 0.350 e. The van der Waals surface area contributed by atoms with Crippen LogP contribution in [0.3, 0.4) is 0 Å². The van der Waals surface area contributed by atoms with E-state index in [4.69, 9.17) is 0 Å². The van der Waals surface area contributed by atoms with Crippen LogP contribution >= 0.6 is 0 Å². The third-order valence-electron chi connectivity index (χ3n) is 10.1. The molecule has 3 heterocycles. The van der Waals surface area contributed by atoms with Gasteiger partial charge in [-0.15, -0.1) is 0 Å². The van der Waals surface area contributed by atoms with Crippen molar-refractivity contribution >= 4 is 17.5 Å². The molecule has 1 saturated heterocycles. The minimum Gasteiger partial charge on any atom is -0.350 e.